The van der Waals surface area contributed by atoms with E-state index in [-0.39, 0.29) is 68.6 Å². The molecule has 0 spiro atoms. The van der Waals surface area contributed by atoms with Crippen LogP contribution >= 0.6 is 11.8 Å². The molecule has 8 nitrogen and oxygen atoms in total. The predicted octanol–water partition coefficient (Wildman–Crippen LogP) is -2.24. The van der Waals surface area contributed by atoms with E-state index in [4.69, 9.17) is 0 Å². The zero-order valence-electron chi connectivity index (χ0n) is 13.8. The van der Waals surface area contributed by atoms with Gasteiger partial charge in [-0.25, -0.2) is 0 Å². The van der Waals surface area contributed by atoms with Crippen LogP contribution in [-0.4, -0.2) is 37.8 Å². The van der Waals surface area contributed by atoms with Gasteiger partial charge in [-0.3, -0.25) is 4.79 Å². The molecule has 1 N–H and O–H groups in total. The Morgan fingerprint density at radius 1 is 1.08 bits per heavy atom. The summed E-state index contributed by atoms with van der Waals surface area (Å²) < 4.78 is 1.55. The van der Waals surface area contributed by atoms with Crippen LogP contribution in [0.2, 0.25) is 0 Å². The Balaban J connectivity index is 0.00000243. The normalized spacial score (nSPS) is 10.0. The van der Waals surface area contributed by atoms with E-state index in [1.165, 1.54) is 36.0 Å². The molecule has 0 bridgehead atoms. The number of carbonyl (C=O) groups is 2. The summed E-state index contributed by atoms with van der Waals surface area (Å²) in [6.45, 7) is 0. The summed E-state index contributed by atoms with van der Waals surface area (Å²) in [5.74, 6) is -1.41. The van der Waals surface area contributed by atoms with Gasteiger partial charge in [0.25, 0.3) is 0 Å². The first-order valence-electron chi connectivity index (χ1n) is 7.21. The van der Waals surface area contributed by atoms with E-state index in [0.29, 0.717) is 10.8 Å². The van der Waals surface area contributed by atoms with Crippen LogP contribution in [-0.2, 0) is 4.79 Å². The largest absolute Gasteiger partial charge is 1.00 e. The molecule has 0 unspecified atom stereocenters. The number of rotatable bonds is 6. The molecule has 0 saturated heterocycles. The average molecular weight is 393 g/mol. The summed E-state index contributed by atoms with van der Waals surface area (Å²) in [5.41, 5.74) is 1.35. The van der Waals surface area contributed by atoms with Crippen LogP contribution in [0.25, 0.3) is 5.69 Å². The molecule has 0 fully saturated rings. The van der Waals surface area contributed by atoms with Crippen LogP contribution in [0.4, 0.5) is 5.69 Å². The second kappa shape index (κ2) is 9.95. The summed E-state index contributed by atoms with van der Waals surface area (Å²) in [6, 6.07) is 15.1. The number of para-hydroxylation sites is 1. The number of aromatic carboxylic acids is 1. The Morgan fingerprint density at radius 2 is 1.77 bits per heavy atom. The Kier molecular flexibility index (Phi) is 7.94. The quantitative estimate of drug-likeness (QED) is 0.372. The minimum absolute atomic E-state index is 0. The second-order valence-electron chi connectivity index (χ2n) is 4.91. The fourth-order valence-corrected chi connectivity index (χ4v) is 2.71. The van der Waals surface area contributed by atoms with Crippen molar-refractivity contribution in [3.05, 3.63) is 60.2 Å². The Morgan fingerprint density at radius 3 is 2.42 bits per heavy atom. The molecule has 3 aromatic rings. The molecule has 0 aliphatic rings. The van der Waals surface area contributed by atoms with Gasteiger partial charge in [-0.05, 0) is 40.3 Å². The number of carboxylic acid groups (broad SMARTS) is 1. The maximum Gasteiger partial charge on any atom is 1.00 e. The number of carbonyl (C=O) groups excluding carboxylic acids is 2. The summed E-state index contributed by atoms with van der Waals surface area (Å²) in [7, 11) is 0. The number of tetrazole rings is 1. The summed E-state index contributed by atoms with van der Waals surface area (Å²) in [4.78, 5) is 22.7. The third kappa shape index (κ3) is 5.46. The van der Waals surface area contributed by atoms with Crippen molar-refractivity contribution in [1.82, 2.24) is 20.2 Å². The van der Waals surface area contributed by atoms with E-state index in [2.05, 4.69) is 20.8 Å². The van der Waals surface area contributed by atoms with Crippen LogP contribution in [0.1, 0.15) is 10.4 Å². The standard InChI is InChI=1S/C16H13N5O3S.K/c22-14(17-12-8-6-11(7-9-12)15(23)24)10-25-16-18-19-20-21(16)13-4-2-1-3-5-13;/h1-9H,10H2,(H,17,22)(H,23,24);/q;+1/p-1. The summed E-state index contributed by atoms with van der Waals surface area (Å²) in [5, 5.41) is 25.3. The van der Waals surface area contributed by atoms with Gasteiger partial charge in [0.2, 0.25) is 11.1 Å². The fourth-order valence-electron chi connectivity index (χ4n) is 2.02. The molecule has 2 aromatic carbocycles. The van der Waals surface area contributed by atoms with Crippen LogP contribution in [0.3, 0.4) is 0 Å². The summed E-state index contributed by atoms with van der Waals surface area (Å²) >= 11 is 1.19. The number of aromatic nitrogens is 4. The van der Waals surface area contributed by atoms with Crippen molar-refractivity contribution in [1.29, 1.82) is 0 Å². The predicted molar refractivity (Wildman–Crippen MR) is 89.3 cm³/mol. The number of nitrogens with zero attached hydrogens (tertiary/aromatic N) is 4. The van der Waals surface area contributed by atoms with Crippen LogP contribution in [0.5, 0.6) is 0 Å². The van der Waals surface area contributed by atoms with Gasteiger partial charge in [0.05, 0.1) is 17.4 Å². The van der Waals surface area contributed by atoms with E-state index in [1.54, 1.807) is 4.68 Å². The topological polar surface area (TPSA) is 113 Å². The number of amides is 1. The van der Waals surface area contributed by atoms with Crippen molar-refractivity contribution in [3.8, 4) is 5.69 Å². The number of hydrogen-bond acceptors (Lipinski definition) is 7. The molecular formula is C16H12KN5O3S. The number of hydrogen-bond donors (Lipinski definition) is 1. The third-order valence-corrected chi connectivity index (χ3v) is 4.10. The number of anilines is 1. The summed E-state index contributed by atoms with van der Waals surface area (Å²) in [6.07, 6.45) is 0. The van der Waals surface area contributed by atoms with E-state index >= 15 is 0 Å². The average Bonchev–Trinajstić information content (AvgIpc) is 3.10. The van der Waals surface area contributed by atoms with Gasteiger partial charge in [0, 0.05) is 5.69 Å². The molecule has 0 aliphatic heterocycles. The van der Waals surface area contributed by atoms with Crippen molar-refractivity contribution in [2.75, 3.05) is 11.1 Å². The zero-order valence-corrected chi connectivity index (χ0v) is 17.8. The minimum Gasteiger partial charge on any atom is -0.545 e. The number of benzene rings is 2. The van der Waals surface area contributed by atoms with Gasteiger partial charge < -0.3 is 15.2 Å². The molecular weight excluding hydrogens is 381 g/mol. The smallest absolute Gasteiger partial charge is 0.545 e. The minimum atomic E-state index is -1.26. The van der Waals surface area contributed by atoms with Gasteiger partial charge in [0.15, 0.2) is 0 Å². The zero-order chi connectivity index (χ0) is 17.6. The molecule has 1 amide bonds. The molecule has 0 atom stereocenters. The molecule has 126 valence electrons. The number of thioether (sulfide) groups is 1. The molecule has 0 radical (unpaired) electrons. The maximum atomic E-state index is 12.0. The first kappa shape index (κ1) is 20.7. The van der Waals surface area contributed by atoms with Gasteiger partial charge in [-0.15, -0.1) is 5.10 Å². The van der Waals surface area contributed by atoms with Gasteiger partial charge >= 0.3 is 51.4 Å². The molecule has 0 saturated carbocycles. The van der Waals surface area contributed by atoms with E-state index in [9.17, 15) is 14.7 Å². The first-order valence-corrected chi connectivity index (χ1v) is 8.20. The molecule has 26 heavy (non-hydrogen) atoms. The van der Waals surface area contributed by atoms with Crippen LogP contribution in [0.15, 0.2) is 59.8 Å². The monoisotopic (exact) mass is 393 g/mol. The Hall–Kier alpha value is -1.56. The second-order valence-corrected chi connectivity index (χ2v) is 5.85. The van der Waals surface area contributed by atoms with Crippen molar-refractivity contribution in [3.63, 3.8) is 0 Å². The molecule has 10 heteroatoms. The van der Waals surface area contributed by atoms with Crippen molar-refractivity contribution >= 4 is 29.3 Å². The van der Waals surface area contributed by atoms with E-state index in [1.807, 2.05) is 30.3 Å². The molecule has 1 heterocycles. The third-order valence-electron chi connectivity index (χ3n) is 3.18. The van der Waals surface area contributed by atoms with Crippen molar-refractivity contribution in [2.45, 2.75) is 5.16 Å². The first-order chi connectivity index (χ1) is 12.1. The number of nitrogens with one attached hydrogen (secondary N) is 1. The van der Waals surface area contributed by atoms with E-state index in [0.717, 1.165) is 5.69 Å². The van der Waals surface area contributed by atoms with Crippen molar-refractivity contribution < 1.29 is 66.1 Å². The van der Waals surface area contributed by atoms with Gasteiger partial charge in [0.1, 0.15) is 0 Å². The fraction of sp³-hybridized carbons (Fsp3) is 0.0625. The molecule has 1 aromatic heterocycles. The Labute approximate surface area is 195 Å². The van der Waals surface area contributed by atoms with Crippen LogP contribution < -0.4 is 61.8 Å². The van der Waals surface area contributed by atoms with Crippen molar-refractivity contribution in [2.24, 2.45) is 0 Å². The van der Waals surface area contributed by atoms with E-state index < -0.39 is 5.97 Å². The SMILES string of the molecule is O=C(CSc1nnnn1-c1ccccc1)Nc1ccc(C(=O)[O-])cc1.[K+]. The van der Waals surface area contributed by atoms with Gasteiger partial charge in [-0.2, -0.15) is 4.68 Å². The Bertz CT molecular complexity index is 886. The maximum absolute atomic E-state index is 12.0. The molecule has 0 aliphatic carbocycles. The number of carboxylic acids is 1. The molecule has 3 rings (SSSR count). The van der Waals surface area contributed by atoms with Gasteiger partial charge in [-0.1, -0.05) is 42.1 Å². The van der Waals surface area contributed by atoms with Crippen LogP contribution in [0, 0.1) is 0 Å².